The summed E-state index contributed by atoms with van der Waals surface area (Å²) in [7, 11) is 0. The van der Waals surface area contributed by atoms with Crippen molar-refractivity contribution in [3.63, 3.8) is 0 Å². The molecule has 0 fully saturated rings. The summed E-state index contributed by atoms with van der Waals surface area (Å²) in [5.74, 6) is 0.0487. The second-order valence-electron chi connectivity index (χ2n) is 4.96. The van der Waals surface area contributed by atoms with Gasteiger partial charge in [0.2, 0.25) is 5.91 Å². The van der Waals surface area contributed by atoms with Crippen LogP contribution in [-0.2, 0) is 4.79 Å². The van der Waals surface area contributed by atoms with Crippen LogP contribution in [0.4, 0.5) is 5.69 Å². The molecular formula is C17H16N2O. The van der Waals surface area contributed by atoms with Gasteiger partial charge in [0.25, 0.3) is 0 Å². The molecule has 0 saturated carbocycles. The molecule has 0 aromatic heterocycles. The fraction of sp³-hybridized carbons (Fsp3) is 0.176. The third-order valence-electron chi connectivity index (χ3n) is 3.38. The predicted octanol–water partition coefficient (Wildman–Crippen LogP) is 3.53. The molecule has 2 aromatic rings. The normalized spacial score (nSPS) is 15.2. The molecule has 1 aliphatic rings. The zero-order chi connectivity index (χ0) is 13.9. The van der Waals surface area contributed by atoms with Crippen LogP contribution in [0.1, 0.15) is 24.0 Å². The van der Waals surface area contributed by atoms with Gasteiger partial charge >= 0.3 is 0 Å². The minimum Gasteiger partial charge on any atom is -0.273 e. The molecule has 0 atom stereocenters. The average Bonchev–Trinajstić information content (AvgIpc) is 2.48. The Morgan fingerprint density at radius 2 is 1.80 bits per heavy atom. The van der Waals surface area contributed by atoms with E-state index in [1.807, 2.05) is 42.5 Å². The molecule has 0 radical (unpaired) electrons. The second kappa shape index (κ2) is 5.29. The summed E-state index contributed by atoms with van der Waals surface area (Å²) >= 11 is 0. The first kappa shape index (κ1) is 12.6. The molecule has 0 N–H and O–H groups in total. The molecule has 1 amide bonds. The highest BCUT2D eigenvalue weighted by Gasteiger charge is 2.22. The van der Waals surface area contributed by atoms with Crippen LogP contribution in [0.5, 0.6) is 0 Å². The smallest absolute Gasteiger partial charge is 0.247 e. The number of para-hydroxylation sites is 1. The maximum atomic E-state index is 12.1. The predicted molar refractivity (Wildman–Crippen MR) is 80.9 cm³/mol. The van der Waals surface area contributed by atoms with Crippen molar-refractivity contribution >= 4 is 17.3 Å². The summed E-state index contributed by atoms with van der Waals surface area (Å²) in [4.78, 5) is 12.1. The van der Waals surface area contributed by atoms with Crippen LogP contribution in [0.2, 0.25) is 0 Å². The fourth-order valence-corrected chi connectivity index (χ4v) is 2.36. The van der Waals surface area contributed by atoms with E-state index >= 15 is 0 Å². The SMILES string of the molecule is Cc1cccc(C2=NN(c3ccccc3)C(=O)CC2)c1. The van der Waals surface area contributed by atoms with E-state index in [-0.39, 0.29) is 5.91 Å². The molecule has 2 aromatic carbocycles. The number of carbonyl (C=O) groups is 1. The molecule has 0 unspecified atom stereocenters. The standard InChI is InChI=1S/C17H16N2O/c1-13-6-5-7-14(12-13)16-10-11-17(20)19(18-16)15-8-3-2-4-9-15/h2-9,12H,10-11H2,1H3. The molecule has 3 nitrogen and oxygen atoms in total. The number of hydrogen-bond donors (Lipinski definition) is 0. The monoisotopic (exact) mass is 264 g/mol. The van der Waals surface area contributed by atoms with Gasteiger partial charge in [-0.1, -0.05) is 48.0 Å². The minimum atomic E-state index is 0.0487. The zero-order valence-electron chi connectivity index (χ0n) is 11.4. The third-order valence-corrected chi connectivity index (χ3v) is 3.38. The van der Waals surface area contributed by atoms with Crippen molar-refractivity contribution in [1.29, 1.82) is 0 Å². The van der Waals surface area contributed by atoms with E-state index in [0.717, 1.165) is 17.0 Å². The van der Waals surface area contributed by atoms with Crippen molar-refractivity contribution in [2.75, 3.05) is 5.01 Å². The topological polar surface area (TPSA) is 32.7 Å². The van der Waals surface area contributed by atoms with Gasteiger partial charge < -0.3 is 0 Å². The van der Waals surface area contributed by atoms with Crippen molar-refractivity contribution in [2.24, 2.45) is 5.10 Å². The van der Waals surface area contributed by atoms with Gasteiger partial charge in [0.05, 0.1) is 11.4 Å². The van der Waals surface area contributed by atoms with Gasteiger partial charge in [-0.15, -0.1) is 0 Å². The van der Waals surface area contributed by atoms with Gasteiger partial charge in [0.15, 0.2) is 0 Å². The second-order valence-corrected chi connectivity index (χ2v) is 4.96. The van der Waals surface area contributed by atoms with Crippen LogP contribution in [0.25, 0.3) is 0 Å². The van der Waals surface area contributed by atoms with Crippen LogP contribution in [-0.4, -0.2) is 11.6 Å². The Morgan fingerprint density at radius 1 is 1.00 bits per heavy atom. The molecule has 1 aliphatic heterocycles. The van der Waals surface area contributed by atoms with Crippen LogP contribution in [0.15, 0.2) is 59.7 Å². The first-order chi connectivity index (χ1) is 9.74. The highest BCUT2D eigenvalue weighted by molar-refractivity contribution is 6.08. The summed E-state index contributed by atoms with van der Waals surface area (Å²) < 4.78 is 0. The summed E-state index contributed by atoms with van der Waals surface area (Å²) in [6, 6.07) is 17.8. The Hall–Kier alpha value is -2.42. The Bertz CT molecular complexity index is 662. The first-order valence-electron chi connectivity index (χ1n) is 6.76. The average molecular weight is 264 g/mol. The van der Waals surface area contributed by atoms with Crippen molar-refractivity contribution in [3.05, 3.63) is 65.7 Å². The van der Waals surface area contributed by atoms with Gasteiger partial charge in [-0.25, -0.2) is 5.01 Å². The molecule has 0 bridgehead atoms. The van der Waals surface area contributed by atoms with Crippen LogP contribution < -0.4 is 5.01 Å². The van der Waals surface area contributed by atoms with E-state index in [9.17, 15) is 4.79 Å². The van der Waals surface area contributed by atoms with E-state index in [4.69, 9.17) is 0 Å². The van der Waals surface area contributed by atoms with Crippen molar-refractivity contribution < 1.29 is 4.79 Å². The molecule has 0 saturated heterocycles. The largest absolute Gasteiger partial charge is 0.273 e. The maximum absolute atomic E-state index is 12.1. The highest BCUT2D eigenvalue weighted by atomic mass is 16.2. The van der Waals surface area contributed by atoms with Crippen LogP contribution in [0.3, 0.4) is 0 Å². The van der Waals surface area contributed by atoms with E-state index < -0.39 is 0 Å². The third kappa shape index (κ3) is 2.48. The number of carbonyl (C=O) groups excluding carboxylic acids is 1. The molecule has 100 valence electrons. The fourth-order valence-electron chi connectivity index (χ4n) is 2.36. The molecule has 0 aliphatic carbocycles. The number of nitrogens with zero attached hydrogens (tertiary/aromatic N) is 2. The van der Waals surface area contributed by atoms with E-state index in [1.165, 1.54) is 10.6 Å². The number of aryl methyl sites for hydroxylation is 1. The van der Waals surface area contributed by atoms with Crippen molar-refractivity contribution in [2.45, 2.75) is 19.8 Å². The summed E-state index contributed by atoms with van der Waals surface area (Å²) in [6.07, 6.45) is 1.20. The van der Waals surface area contributed by atoms with E-state index in [1.54, 1.807) is 0 Å². The Labute approximate surface area is 118 Å². The van der Waals surface area contributed by atoms with Crippen molar-refractivity contribution in [1.82, 2.24) is 0 Å². The molecular weight excluding hydrogens is 248 g/mol. The number of amides is 1. The highest BCUT2D eigenvalue weighted by Crippen LogP contribution is 2.22. The first-order valence-corrected chi connectivity index (χ1v) is 6.76. The lowest BCUT2D eigenvalue weighted by atomic mass is 10.0. The molecule has 20 heavy (non-hydrogen) atoms. The zero-order valence-corrected chi connectivity index (χ0v) is 11.4. The maximum Gasteiger partial charge on any atom is 0.247 e. The summed E-state index contributed by atoms with van der Waals surface area (Å²) in [6.45, 7) is 2.06. The number of hydrogen-bond acceptors (Lipinski definition) is 2. The molecule has 1 heterocycles. The van der Waals surface area contributed by atoms with E-state index in [2.05, 4.69) is 24.2 Å². The van der Waals surface area contributed by atoms with Crippen LogP contribution in [0, 0.1) is 6.92 Å². The Kier molecular flexibility index (Phi) is 3.33. The number of anilines is 1. The quantitative estimate of drug-likeness (QED) is 0.816. The van der Waals surface area contributed by atoms with Crippen LogP contribution >= 0.6 is 0 Å². The lowest BCUT2D eigenvalue weighted by Gasteiger charge is -2.23. The number of benzene rings is 2. The molecule has 0 spiro atoms. The van der Waals surface area contributed by atoms with Gasteiger partial charge in [0.1, 0.15) is 0 Å². The lowest BCUT2D eigenvalue weighted by molar-refractivity contribution is -0.118. The van der Waals surface area contributed by atoms with Gasteiger partial charge in [-0.05, 0) is 24.6 Å². The summed E-state index contributed by atoms with van der Waals surface area (Å²) in [5.41, 5.74) is 4.09. The lowest BCUT2D eigenvalue weighted by Crippen LogP contribution is -2.31. The Balaban J connectivity index is 1.99. The Morgan fingerprint density at radius 3 is 2.55 bits per heavy atom. The van der Waals surface area contributed by atoms with E-state index in [0.29, 0.717) is 12.8 Å². The van der Waals surface area contributed by atoms with Gasteiger partial charge in [0, 0.05) is 12.8 Å². The van der Waals surface area contributed by atoms with Crippen molar-refractivity contribution in [3.8, 4) is 0 Å². The van der Waals surface area contributed by atoms with Gasteiger partial charge in [-0.3, -0.25) is 4.79 Å². The minimum absolute atomic E-state index is 0.0487. The molecule has 3 heteroatoms. The number of rotatable bonds is 2. The van der Waals surface area contributed by atoms with Gasteiger partial charge in [-0.2, -0.15) is 5.10 Å². The number of hydrazone groups is 1. The summed E-state index contributed by atoms with van der Waals surface area (Å²) in [5, 5.41) is 6.06. The molecule has 3 rings (SSSR count).